The summed E-state index contributed by atoms with van der Waals surface area (Å²) in [6, 6.07) is 13.0. The predicted molar refractivity (Wildman–Crippen MR) is 122 cm³/mol. The van der Waals surface area contributed by atoms with Gasteiger partial charge in [-0.2, -0.15) is 0 Å². The Bertz CT molecular complexity index is 1050. The average Bonchev–Trinajstić information content (AvgIpc) is 3.23. The standard InChI is InChI=1S/C19H16N2S.C2H6.CH5N/c1-4-12-15-10-14-13-8-6-7-9-16(13)21(20-3)17(14)11-19(15)22-18(12)5-2;2*1-2/h4-11,20H,1-2H2,3H3;1-2H3;2H2,1H3. The molecule has 2 aromatic carbocycles. The first-order chi connectivity index (χ1) is 12.8. The number of nitrogens with one attached hydrogen (secondary N) is 1. The highest BCUT2D eigenvalue weighted by molar-refractivity contribution is 7.20. The number of aromatic nitrogens is 1. The van der Waals surface area contributed by atoms with Crippen molar-refractivity contribution in [1.82, 2.24) is 4.68 Å². The number of rotatable bonds is 3. The van der Waals surface area contributed by atoms with E-state index in [0.29, 0.717) is 0 Å². The Morgan fingerprint density at radius 3 is 2.27 bits per heavy atom. The molecule has 0 radical (unpaired) electrons. The molecular weight excluding hydrogens is 338 g/mol. The van der Waals surface area contributed by atoms with Crippen molar-refractivity contribution in [3.63, 3.8) is 0 Å². The van der Waals surface area contributed by atoms with E-state index in [1.54, 1.807) is 11.3 Å². The fourth-order valence-electron chi connectivity index (χ4n) is 3.20. The topological polar surface area (TPSA) is 43.0 Å². The molecule has 4 heteroatoms. The van der Waals surface area contributed by atoms with Crippen LogP contribution in [0.2, 0.25) is 0 Å². The molecule has 26 heavy (non-hydrogen) atoms. The van der Waals surface area contributed by atoms with E-state index in [1.807, 2.05) is 33.0 Å². The summed E-state index contributed by atoms with van der Waals surface area (Å²) in [5.41, 5.74) is 11.4. The van der Waals surface area contributed by atoms with E-state index in [9.17, 15) is 0 Å². The molecule has 3 N–H and O–H groups in total. The van der Waals surface area contributed by atoms with Gasteiger partial charge >= 0.3 is 0 Å². The lowest BCUT2D eigenvalue weighted by molar-refractivity contribution is 1.02. The first-order valence-corrected chi connectivity index (χ1v) is 9.60. The van der Waals surface area contributed by atoms with E-state index in [-0.39, 0.29) is 0 Å². The highest BCUT2D eigenvalue weighted by atomic mass is 32.1. The third-order valence-corrected chi connectivity index (χ3v) is 5.33. The van der Waals surface area contributed by atoms with Gasteiger partial charge in [-0.05, 0) is 30.8 Å². The first kappa shape index (κ1) is 19.8. The molecule has 0 aliphatic rings. The van der Waals surface area contributed by atoms with Crippen molar-refractivity contribution < 1.29 is 0 Å². The second-order valence-electron chi connectivity index (χ2n) is 5.23. The maximum Gasteiger partial charge on any atom is 0.0720 e. The van der Waals surface area contributed by atoms with Crippen LogP contribution in [0.15, 0.2) is 49.6 Å². The number of hydrogen-bond acceptors (Lipinski definition) is 3. The van der Waals surface area contributed by atoms with Gasteiger partial charge in [0.1, 0.15) is 0 Å². The number of nitrogens with zero attached hydrogens (tertiary/aromatic N) is 1. The fraction of sp³-hybridized carbons (Fsp3) is 0.182. The van der Waals surface area contributed by atoms with E-state index in [4.69, 9.17) is 0 Å². The molecule has 4 rings (SSSR count). The second-order valence-corrected chi connectivity index (χ2v) is 6.31. The maximum absolute atomic E-state index is 4.50. The van der Waals surface area contributed by atoms with Crippen LogP contribution in [-0.2, 0) is 0 Å². The molecule has 0 saturated carbocycles. The molecule has 0 aliphatic carbocycles. The van der Waals surface area contributed by atoms with Gasteiger partial charge < -0.3 is 11.2 Å². The van der Waals surface area contributed by atoms with Crippen LogP contribution in [0.1, 0.15) is 24.3 Å². The molecule has 0 bridgehead atoms. The lowest BCUT2D eigenvalue weighted by atomic mass is 10.1. The lowest BCUT2D eigenvalue weighted by Crippen LogP contribution is -2.07. The van der Waals surface area contributed by atoms with E-state index >= 15 is 0 Å². The zero-order chi connectivity index (χ0) is 19.3. The van der Waals surface area contributed by atoms with Crippen LogP contribution in [0, 0.1) is 0 Å². The van der Waals surface area contributed by atoms with Crippen molar-refractivity contribution in [2.45, 2.75) is 13.8 Å². The zero-order valence-corrected chi connectivity index (χ0v) is 16.8. The predicted octanol–water partition coefficient (Wildman–Crippen LogP) is 6.07. The van der Waals surface area contributed by atoms with E-state index in [1.165, 1.54) is 49.4 Å². The van der Waals surface area contributed by atoms with Gasteiger partial charge in [0.2, 0.25) is 0 Å². The minimum Gasteiger partial charge on any atom is -0.333 e. The monoisotopic (exact) mass is 365 g/mol. The number of para-hydroxylation sites is 1. The Kier molecular flexibility index (Phi) is 6.61. The first-order valence-electron chi connectivity index (χ1n) is 8.78. The molecule has 0 fully saturated rings. The SMILES string of the molecule is C=Cc1sc2cc3c(cc2c1C=C)c1ccccc1n3NC.CC.CN. The van der Waals surface area contributed by atoms with Gasteiger partial charge in [0.15, 0.2) is 0 Å². The normalized spacial score (nSPS) is 10.0. The van der Waals surface area contributed by atoms with Gasteiger partial charge in [-0.3, -0.25) is 4.68 Å². The largest absolute Gasteiger partial charge is 0.333 e. The molecule has 0 amide bonds. The van der Waals surface area contributed by atoms with Gasteiger partial charge in [0, 0.05) is 32.8 Å². The van der Waals surface area contributed by atoms with E-state index in [0.717, 1.165) is 0 Å². The minimum atomic E-state index is 1.18. The molecule has 136 valence electrons. The molecule has 2 heterocycles. The summed E-state index contributed by atoms with van der Waals surface area (Å²) in [6.07, 6.45) is 3.84. The third kappa shape index (κ3) is 3.02. The Morgan fingerprint density at radius 1 is 0.962 bits per heavy atom. The number of hydrogen-bond donors (Lipinski definition) is 2. The lowest BCUT2D eigenvalue weighted by Gasteiger charge is -2.05. The highest BCUT2D eigenvalue weighted by Gasteiger charge is 2.14. The van der Waals surface area contributed by atoms with Crippen LogP contribution in [0.3, 0.4) is 0 Å². The van der Waals surface area contributed by atoms with Crippen LogP contribution >= 0.6 is 11.3 Å². The Morgan fingerprint density at radius 2 is 1.65 bits per heavy atom. The summed E-state index contributed by atoms with van der Waals surface area (Å²) in [5, 5.41) is 3.77. The van der Waals surface area contributed by atoms with Crippen LogP contribution in [0.4, 0.5) is 0 Å². The molecular formula is C22H27N3S. The van der Waals surface area contributed by atoms with Crippen molar-refractivity contribution in [2.75, 3.05) is 19.5 Å². The third-order valence-electron chi connectivity index (χ3n) is 4.16. The molecule has 0 saturated heterocycles. The summed E-state index contributed by atoms with van der Waals surface area (Å²) < 4.78 is 3.40. The minimum absolute atomic E-state index is 1.18. The Labute approximate surface area is 159 Å². The van der Waals surface area contributed by atoms with Crippen LogP contribution in [0.25, 0.3) is 44.0 Å². The summed E-state index contributed by atoms with van der Waals surface area (Å²) in [7, 11) is 3.45. The van der Waals surface area contributed by atoms with Crippen molar-refractivity contribution in [3.8, 4) is 0 Å². The van der Waals surface area contributed by atoms with Crippen LogP contribution < -0.4 is 11.2 Å². The van der Waals surface area contributed by atoms with Crippen LogP contribution in [-0.4, -0.2) is 18.8 Å². The average molecular weight is 366 g/mol. The molecule has 3 nitrogen and oxygen atoms in total. The summed E-state index contributed by atoms with van der Waals surface area (Å²) >= 11 is 1.76. The van der Waals surface area contributed by atoms with Crippen molar-refractivity contribution in [2.24, 2.45) is 5.73 Å². The molecule has 0 unspecified atom stereocenters. The number of nitrogens with two attached hydrogens (primary N) is 1. The molecule has 0 atom stereocenters. The van der Waals surface area contributed by atoms with Gasteiger partial charge in [-0.1, -0.05) is 57.4 Å². The van der Waals surface area contributed by atoms with E-state index < -0.39 is 0 Å². The van der Waals surface area contributed by atoms with Crippen molar-refractivity contribution in [1.29, 1.82) is 0 Å². The van der Waals surface area contributed by atoms with Crippen molar-refractivity contribution in [3.05, 3.63) is 60.0 Å². The molecule has 2 aromatic heterocycles. The van der Waals surface area contributed by atoms with Crippen molar-refractivity contribution >= 4 is 55.4 Å². The highest BCUT2D eigenvalue weighted by Crippen LogP contribution is 2.38. The van der Waals surface area contributed by atoms with Crippen LogP contribution in [0.5, 0.6) is 0 Å². The van der Waals surface area contributed by atoms with Gasteiger partial charge in [-0.25, -0.2) is 0 Å². The summed E-state index contributed by atoms with van der Waals surface area (Å²) in [6.45, 7) is 11.9. The number of thiophene rings is 1. The quantitative estimate of drug-likeness (QED) is 0.463. The maximum atomic E-state index is 4.50. The molecule has 4 aromatic rings. The van der Waals surface area contributed by atoms with Gasteiger partial charge in [0.25, 0.3) is 0 Å². The Balaban J connectivity index is 0.000000570. The van der Waals surface area contributed by atoms with Gasteiger partial charge in [0.05, 0.1) is 11.0 Å². The smallest absolute Gasteiger partial charge is 0.0720 e. The zero-order valence-electron chi connectivity index (χ0n) is 16.0. The molecule has 0 aliphatic heterocycles. The summed E-state index contributed by atoms with van der Waals surface area (Å²) in [4.78, 5) is 1.18. The number of fused-ring (bicyclic) bond motifs is 4. The van der Waals surface area contributed by atoms with E-state index in [2.05, 4.69) is 65.4 Å². The summed E-state index contributed by atoms with van der Waals surface area (Å²) in [5.74, 6) is 0. The van der Waals surface area contributed by atoms with Gasteiger partial charge in [-0.15, -0.1) is 11.3 Å². The molecule has 0 spiro atoms. The second kappa shape index (κ2) is 8.70. The Hall–Kier alpha value is -2.56. The number of benzene rings is 2. The fourth-order valence-corrected chi connectivity index (χ4v) is 4.27.